The van der Waals surface area contributed by atoms with E-state index in [0.29, 0.717) is 16.8 Å². The Labute approximate surface area is 183 Å². The first-order valence-corrected chi connectivity index (χ1v) is 11.4. The number of nitrogens with zero attached hydrogens (tertiary/aromatic N) is 4. The van der Waals surface area contributed by atoms with Crippen LogP contribution in [0.2, 0.25) is 5.02 Å². The van der Waals surface area contributed by atoms with Gasteiger partial charge in [-0.05, 0) is 63.7 Å². The Balaban J connectivity index is 1.30. The van der Waals surface area contributed by atoms with Gasteiger partial charge >= 0.3 is 0 Å². The fraction of sp³-hybridized carbons (Fsp3) is 0.565. The molecule has 0 N–H and O–H groups in total. The van der Waals surface area contributed by atoms with Gasteiger partial charge in [0.15, 0.2) is 0 Å². The minimum absolute atomic E-state index is 0.164. The Morgan fingerprint density at radius 1 is 1.07 bits per heavy atom. The molecule has 0 atom stereocenters. The number of hydrogen-bond donors (Lipinski definition) is 0. The number of aromatic nitrogens is 1. The van der Waals surface area contributed by atoms with Crippen molar-refractivity contribution in [2.24, 2.45) is 5.92 Å². The van der Waals surface area contributed by atoms with E-state index in [0.717, 1.165) is 82.2 Å². The molecule has 2 aliphatic rings. The minimum Gasteiger partial charge on any atom is -0.441 e. The lowest BCUT2D eigenvalue weighted by molar-refractivity contribution is -0.138. The SMILES string of the molecule is CCN1CCN(C(=O)C2CCN(Cc3nc(-c4ccc(Cl)cc4)oc3C)CC2)CC1. The van der Waals surface area contributed by atoms with Crippen LogP contribution in [0.3, 0.4) is 0 Å². The molecule has 0 spiro atoms. The van der Waals surface area contributed by atoms with Gasteiger partial charge in [-0.3, -0.25) is 9.69 Å². The zero-order valence-corrected chi connectivity index (χ0v) is 18.7. The second-order valence-electron chi connectivity index (χ2n) is 8.34. The summed E-state index contributed by atoms with van der Waals surface area (Å²) in [6.07, 6.45) is 1.85. The highest BCUT2D eigenvalue weighted by Crippen LogP contribution is 2.26. The van der Waals surface area contributed by atoms with E-state index in [1.165, 1.54) is 0 Å². The molecule has 7 heteroatoms. The van der Waals surface area contributed by atoms with Gasteiger partial charge in [0.05, 0.1) is 5.69 Å². The number of aryl methyl sites for hydroxylation is 1. The van der Waals surface area contributed by atoms with Gasteiger partial charge in [-0.2, -0.15) is 0 Å². The average molecular weight is 431 g/mol. The molecule has 0 radical (unpaired) electrons. The standard InChI is InChI=1S/C23H31ClN4O2/c1-3-26-12-14-28(15-13-26)23(29)19-8-10-27(11-9-19)16-21-17(2)30-22(25-21)18-4-6-20(24)7-5-18/h4-7,19H,3,8-16H2,1-2H3. The molecule has 3 heterocycles. The zero-order chi connectivity index (χ0) is 21.1. The number of piperidine rings is 1. The van der Waals surface area contributed by atoms with Crippen molar-refractivity contribution in [1.82, 2.24) is 19.7 Å². The third-order valence-electron chi connectivity index (χ3n) is 6.43. The minimum atomic E-state index is 0.164. The predicted octanol–water partition coefficient (Wildman–Crippen LogP) is 3.68. The van der Waals surface area contributed by atoms with Crippen molar-refractivity contribution in [3.63, 3.8) is 0 Å². The summed E-state index contributed by atoms with van der Waals surface area (Å²) in [5.41, 5.74) is 1.90. The van der Waals surface area contributed by atoms with Crippen LogP contribution in [-0.2, 0) is 11.3 Å². The summed E-state index contributed by atoms with van der Waals surface area (Å²) in [5.74, 6) is 2.01. The van der Waals surface area contributed by atoms with Gasteiger partial charge in [0.1, 0.15) is 5.76 Å². The number of carbonyl (C=O) groups is 1. The number of likely N-dealkylation sites (tertiary alicyclic amines) is 1. The smallest absolute Gasteiger partial charge is 0.226 e. The first kappa shape index (κ1) is 21.3. The van der Waals surface area contributed by atoms with Gasteiger partial charge in [0.2, 0.25) is 11.8 Å². The normalized spacial score (nSPS) is 19.4. The lowest BCUT2D eigenvalue weighted by Gasteiger charge is -2.38. The van der Waals surface area contributed by atoms with Crippen molar-refractivity contribution >= 4 is 17.5 Å². The molecule has 2 aromatic rings. The van der Waals surface area contributed by atoms with Crippen LogP contribution in [-0.4, -0.2) is 71.4 Å². The number of oxazole rings is 1. The van der Waals surface area contributed by atoms with E-state index in [-0.39, 0.29) is 5.92 Å². The maximum atomic E-state index is 12.9. The first-order valence-electron chi connectivity index (χ1n) is 11.0. The summed E-state index contributed by atoms with van der Waals surface area (Å²) in [6, 6.07) is 7.55. The molecule has 2 saturated heterocycles. The second-order valence-corrected chi connectivity index (χ2v) is 8.78. The van der Waals surface area contributed by atoms with Crippen molar-refractivity contribution < 1.29 is 9.21 Å². The number of carbonyl (C=O) groups excluding carboxylic acids is 1. The van der Waals surface area contributed by atoms with Gasteiger partial charge in [0, 0.05) is 49.2 Å². The number of hydrogen-bond acceptors (Lipinski definition) is 5. The lowest BCUT2D eigenvalue weighted by Crippen LogP contribution is -2.51. The summed E-state index contributed by atoms with van der Waals surface area (Å²) in [4.78, 5) is 24.5. The topological polar surface area (TPSA) is 52.8 Å². The van der Waals surface area contributed by atoms with Gasteiger partial charge in [0.25, 0.3) is 0 Å². The Bertz CT molecular complexity index is 851. The van der Waals surface area contributed by atoms with Crippen LogP contribution >= 0.6 is 11.6 Å². The van der Waals surface area contributed by atoms with E-state index in [9.17, 15) is 4.79 Å². The molecule has 6 nitrogen and oxygen atoms in total. The van der Waals surface area contributed by atoms with Gasteiger partial charge < -0.3 is 14.2 Å². The van der Waals surface area contributed by atoms with E-state index in [1.807, 2.05) is 31.2 Å². The largest absolute Gasteiger partial charge is 0.441 e. The molecule has 0 bridgehead atoms. The summed E-state index contributed by atoms with van der Waals surface area (Å²) in [5, 5.41) is 0.701. The van der Waals surface area contributed by atoms with E-state index < -0.39 is 0 Å². The van der Waals surface area contributed by atoms with Crippen LogP contribution in [0.1, 0.15) is 31.2 Å². The number of halogens is 1. The highest BCUT2D eigenvalue weighted by molar-refractivity contribution is 6.30. The van der Waals surface area contributed by atoms with Gasteiger partial charge in [-0.25, -0.2) is 4.98 Å². The van der Waals surface area contributed by atoms with Crippen molar-refractivity contribution in [2.45, 2.75) is 33.2 Å². The Morgan fingerprint density at radius 2 is 1.73 bits per heavy atom. The summed E-state index contributed by atoms with van der Waals surface area (Å²) in [7, 11) is 0. The maximum absolute atomic E-state index is 12.9. The van der Waals surface area contributed by atoms with Crippen molar-refractivity contribution in [1.29, 1.82) is 0 Å². The third-order valence-corrected chi connectivity index (χ3v) is 6.68. The highest BCUT2D eigenvalue weighted by Gasteiger charge is 2.30. The molecule has 2 fully saturated rings. The average Bonchev–Trinajstić information content (AvgIpc) is 3.14. The van der Waals surface area contributed by atoms with Crippen LogP contribution < -0.4 is 0 Å². The number of rotatable bonds is 5. The van der Waals surface area contributed by atoms with E-state index in [2.05, 4.69) is 21.6 Å². The molecule has 1 amide bonds. The maximum Gasteiger partial charge on any atom is 0.226 e. The fourth-order valence-corrected chi connectivity index (χ4v) is 4.51. The Hall–Kier alpha value is -1.89. The molecule has 30 heavy (non-hydrogen) atoms. The molecule has 0 saturated carbocycles. The Kier molecular flexibility index (Phi) is 6.76. The molecule has 2 aliphatic heterocycles. The van der Waals surface area contributed by atoms with Gasteiger partial charge in [-0.1, -0.05) is 18.5 Å². The second kappa shape index (κ2) is 9.50. The summed E-state index contributed by atoms with van der Waals surface area (Å²) in [6.45, 7) is 11.6. The molecule has 162 valence electrons. The van der Waals surface area contributed by atoms with Crippen LogP contribution in [0.4, 0.5) is 0 Å². The number of benzene rings is 1. The zero-order valence-electron chi connectivity index (χ0n) is 17.9. The molecule has 0 aliphatic carbocycles. The summed E-state index contributed by atoms with van der Waals surface area (Å²) >= 11 is 5.97. The monoisotopic (exact) mass is 430 g/mol. The highest BCUT2D eigenvalue weighted by atomic mass is 35.5. The van der Waals surface area contributed by atoms with Crippen molar-refractivity contribution in [2.75, 3.05) is 45.8 Å². The lowest BCUT2D eigenvalue weighted by atomic mass is 9.95. The molecular weight excluding hydrogens is 400 g/mol. The van der Waals surface area contributed by atoms with Crippen LogP contribution in [0.15, 0.2) is 28.7 Å². The van der Waals surface area contributed by atoms with Gasteiger partial charge in [-0.15, -0.1) is 0 Å². The number of amides is 1. The molecule has 1 aromatic carbocycles. The van der Waals surface area contributed by atoms with Crippen molar-refractivity contribution in [3.8, 4) is 11.5 Å². The molecular formula is C23H31ClN4O2. The number of piperazine rings is 1. The van der Waals surface area contributed by atoms with Crippen LogP contribution in [0.25, 0.3) is 11.5 Å². The third kappa shape index (κ3) is 4.88. The quantitative estimate of drug-likeness (QED) is 0.724. The van der Waals surface area contributed by atoms with Crippen LogP contribution in [0.5, 0.6) is 0 Å². The van der Waals surface area contributed by atoms with E-state index in [4.69, 9.17) is 21.0 Å². The Morgan fingerprint density at radius 3 is 2.37 bits per heavy atom. The molecule has 0 unspecified atom stereocenters. The van der Waals surface area contributed by atoms with Crippen LogP contribution in [0, 0.1) is 12.8 Å². The molecule has 4 rings (SSSR count). The van der Waals surface area contributed by atoms with E-state index in [1.54, 1.807) is 0 Å². The predicted molar refractivity (Wildman–Crippen MR) is 118 cm³/mol. The fourth-order valence-electron chi connectivity index (χ4n) is 4.38. The number of likely N-dealkylation sites (N-methyl/N-ethyl adjacent to an activating group) is 1. The van der Waals surface area contributed by atoms with E-state index >= 15 is 0 Å². The molecule has 1 aromatic heterocycles. The first-order chi connectivity index (χ1) is 14.5. The summed E-state index contributed by atoms with van der Waals surface area (Å²) < 4.78 is 5.89. The van der Waals surface area contributed by atoms with Crippen molar-refractivity contribution in [3.05, 3.63) is 40.7 Å².